The summed E-state index contributed by atoms with van der Waals surface area (Å²) in [6, 6.07) is 0. The molecular formula is C12H18O3. The van der Waals surface area contributed by atoms with E-state index in [1.165, 1.54) is 19.3 Å². The van der Waals surface area contributed by atoms with Gasteiger partial charge in [0.15, 0.2) is 0 Å². The summed E-state index contributed by atoms with van der Waals surface area (Å²) in [5, 5.41) is 0. The molecule has 0 bridgehead atoms. The van der Waals surface area contributed by atoms with Crippen LogP contribution in [-0.2, 0) is 14.3 Å². The highest BCUT2D eigenvalue weighted by atomic mass is 16.6. The van der Waals surface area contributed by atoms with Crippen molar-refractivity contribution in [2.45, 2.75) is 51.9 Å². The fourth-order valence-corrected chi connectivity index (χ4v) is 3.10. The molecule has 15 heavy (non-hydrogen) atoms. The maximum atomic E-state index is 11.8. The van der Waals surface area contributed by atoms with Crippen molar-refractivity contribution in [2.75, 3.05) is 0 Å². The van der Waals surface area contributed by atoms with Crippen molar-refractivity contribution in [1.29, 1.82) is 0 Å². The van der Waals surface area contributed by atoms with Gasteiger partial charge in [-0.25, -0.2) is 0 Å². The minimum Gasteiger partial charge on any atom is -0.393 e. The zero-order valence-corrected chi connectivity index (χ0v) is 9.25. The van der Waals surface area contributed by atoms with E-state index < -0.39 is 5.41 Å². The van der Waals surface area contributed by atoms with E-state index in [1.54, 1.807) is 0 Å². The second-order valence-electron chi connectivity index (χ2n) is 4.78. The summed E-state index contributed by atoms with van der Waals surface area (Å²) in [6.45, 7) is 1.99. The highest BCUT2D eigenvalue weighted by Gasteiger charge is 2.52. The zero-order valence-electron chi connectivity index (χ0n) is 9.25. The number of esters is 2. The van der Waals surface area contributed by atoms with Gasteiger partial charge in [-0.2, -0.15) is 0 Å². The minimum atomic E-state index is -0.475. The monoisotopic (exact) mass is 210 g/mol. The lowest BCUT2D eigenvalue weighted by Crippen LogP contribution is -2.35. The van der Waals surface area contributed by atoms with Gasteiger partial charge in [-0.3, -0.25) is 9.59 Å². The lowest BCUT2D eigenvalue weighted by molar-refractivity contribution is -0.156. The molecule has 1 saturated carbocycles. The molecule has 1 unspecified atom stereocenters. The summed E-state index contributed by atoms with van der Waals surface area (Å²) in [4.78, 5) is 23.0. The summed E-state index contributed by atoms with van der Waals surface area (Å²) >= 11 is 0. The largest absolute Gasteiger partial charge is 0.393 e. The molecule has 1 aliphatic heterocycles. The van der Waals surface area contributed by atoms with Crippen LogP contribution >= 0.6 is 0 Å². The van der Waals surface area contributed by atoms with Crippen LogP contribution in [0.1, 0.15) is 51.9 Å². The molecule has 2 rings (SSSR count). The lowest BCUT2D eigenvalue weighted by atomic mass is 9.66. The second-order valence-corrected chi connectivity index (χ2v) is 4.78. The Balaban J connectivity index is 2.20. The fraction of sp³-hybridized carbons (Fsp3) is 0.833. The van der Waals surface area contributed by atoms with Gasteiger partial charge in [0, 0.05) is 0 Å². The smallest absolute Gasteiger partial charge is 0.320 e. The van der Waals surface area contributed by atoms with Crippen molar-refractivity contribution in [3.05, 3.63) is 0 Å². The van der Waals surface area contributed by atoms with Gasteiger partial charge in [-0.05, 0) is 25.2 Å². The van der Waals surface area contributed by atoms with Crippen molar-refractivity contribution < 1.29 is 14.3 Å². The van der Waals surface area contributed by atoms with Gasteiger partial charge in [0.05, 0.1) is 11.8 Å². The normalized spacial score (nSPS) is 33.1. The Morgan fingerprint density at radius 2 is 1.93 bits per heavy atom. The molecule has 84 valence electrons. The number of hydrogen-bond acceptors (Lipinski definition) is 3. The molecule has 3 nitrogen and oxygen atoms in total. The Hall–Kier alpha value is -0.860. The van der Waals surface area contributed by atoms with Crippen molar-refractivity contribution >= 4 is 11.9 Å². The first-order valence-electron chi connectivity index (χ1n) is 5.94. The predicted octanol–water partition coefficient (Wildman–Crippen LogP) is 2.44. The van der Waals surface area contributed by atoms with Gasteiger partial charge in [0.2, 0.25) is 0 Å². The third-order valence-corrected chi connectivity index (χ3v) is 4.09. The SMILES string of the molecule is CCC1(C2CCCCC2)CC(=O)OC1=O. The van der Waals surface area contributed by atoms with Crippen LogP contribution < -0.4 is 0 Å². The first kappa shape index (κ1) is 10.7. The molecule has 0 aromatic rings. The summed E-state index contributed by atoms with van der Waals surface area (Å²) in [7, 11) is 0. The quantitative estimate of drug-likeness (QED) is 0.519. The van der Waals surface area contributed by atoms with E-state index in [0.717, 1.165) is 19.3 Å². The maximum Gasteiger partial charge on any atom is 0.320 e. The molecule has 1 saturated heterocycles. The standard InChI is InChI=1S/C12H18O3/c1-2-12(8-10(13)15-11(12)14)9-6-4-3-5-7-9/h9H,2-8H2,1H3. The van der Waals surface area contributed by atoms with E-state index >= 15 is 0 Å². The Labute approximate surface area is 90.2 Å². The van der Waals surface area contributed by atoms with Crippen LogP contribution in [0.4, 0.5) is 0 Å². The average Bonchev–Trinajstić information content (AvgIpc) is 2.56. The molecule has 0 N–H and O–H groups in total. The third-order valence-electron chi connectivity index (χ3n) is 4.09. The first-order valence-corrected chi connectivity index (χ1v) is 5.94. The highest BCUT2D eigenvalue weighted by Crippen LogP contribution is 2.47. The number of ether oxygens (including phenoxy) is 1. The van der Waals surface area contributed by atoms with Crippen LogP contribution in [-0.4, -0.2) is 11.9 Å². The molecule has 1 heterocycles. The molecule has 2 aliphatic rings. The molecule has 1 aliphatic carbocycles. The molecular weight excluding hydrogens is 192 g/mol. The van der Waals surface area contributed by atoms with Crippen LogP contribution in [0.3, 0.4) is 0 Å². The van der Waals surface area contributed by atoms with Gasteiger partial charge in [0.25, 0.3) is 0 Å². The Morgan fingerprint density at radius 1 is 1.27 bits per heavy atom. The van der Waals surface area contributed by atoms with Crippen molar-refractivity contribution in [3.8, 4) is 0 Å². The lowest BCUT2D eigenvalue weighted by Gasteiger charge is -2.34. The highest BCUT2D eigenvalue weighted by molar-refractivity contribution is 5.97. The Kier molecular flexibility index (Phi) is 2.81. The van der Waals surface area contributed by atoms with Crippen molar-refractivity contribution in [3.63, 3.8) is 0 Å². The molecule has 3 heteroatoms. The van der Waals surface area contributed by atoms with Crippen LogP contribution in [0.15, 0.2) is 0 Å². The second kappa shape index (κ2) is 3.95. The Bertz CT molecular complexity index is 279. The van der Waals surface area contributed by atoms with Crippen LogP contribution in [0.5, 0.6) is 0 Å². The van der Waals surface area contributed by atoms with Gasteiger partial charge in [-0.15, -0.1) is 0 Å². The first-order chi connectivity index (χ1) is 7.19. The van der Waals surface area contributed by atoms with Crippen molar-refractivity contribution in [2.24, 2.45) is 11.3 Å². The van der Waals surface area contributed by atoms with E-state index in [1.807, 2.05) is 6.92 Å². The Morgan fingerprint density at radius 3 is 2.40 bits per heavy atom. The maximum absolute atomic E-state index is 11.8. The molecule has 0 spiro atoms. The van der Waals surface area contributed by atoms with E-state index in [-0.39, 0.29) is 11.9 Å². The molecule has 1 atom stereocenters. The summed E-state index contributed by atoms with van der Waals surface area (Å²) in [6.07, 6.45) is 6.85. The third kappa shape index (κ3) is 1.68. The summed E-state index contributed by atoms with van der Waals surface area (Å²) in [5.74, 6) is -0.218. The van der Waals surface area contributed by atoms with Crippen molar-refractivity contribution in [1.82, 2.24) is 0 Å². The van der Waals surface area contributed by atoms with E-state index in [0.29, 0.717) is 12.3 Å². The van der Waals surface area contributed by atoms with Crippen LogP contribution in [0.2, 0.25) is 0 Å². The number of carbonyl (C=O) groups is 2. The number of hydrogen-bond donors (Lipinski definition) is 0. The number of carbonyl (C=O) groups excluding carboxylic acids is 2. The topological polar surface area (TPSA) is 43.4 Å². The van der Waals surface area contributed by atoms with Crippen LogP contribution in [0, 0.1) is 11.3 Å². The molecule has 0 aromatic carbocycles. The van der Waals surface area contributed by atoms with E-state index in [4.69, 9.17) is 4.74 Å². The van der Waals surface area contributed by atoms with Gasteiger partial charge < -0.3 is 4.74 Å². The number of rotatable bonds is 2. The van der Waals surface area contributed by atoms with E-state index in [9.17, 15) is 9.59 Å². The van der Waals surface area contributed by atoms with Gasteiger partial charge >= 0.3 is 11.9 Å². The van der Waals surface area contributed by atoms with Crippen LogP contribution in [0.25, 0.3) is 0 Å². The summed E-state index contributed by atoms with van der Waals surface area (Å²) in [5.41, 5.74) is -0.475. The molecule has 0 aromatic heterocycles. The zero-order chi connectivity index (χ0) is 10.9. The summed E-state index contributed by atoms with van der Waals surface area (Å²) < 4.78 is 4.74. The molecule has 0 amide bonds. The molecule has 0 radical (unpaired) electrons. The van der Waals surface area contributed by atoms with Gasteiger partial charge in [-0.1, -0.05) is 26.2 Å². The minimum absolute atomic E-state index is 0.262. The average molecular weight is 210 g/mol. The fourth-order valence-electron chi connectivity index (χ4n) is 3.10. The van der Waals surface area contributed by atoms with Gasteiger partial charge in [0.1, 0.15) is 0 Å². The number of cyclic esters (lactones) is 2. The molecule has 2 fully saturated rings. The predicted molar refractivity (Wildman–Crippen MR) is 55.0 cm³/mol. The van der Waals surface area contributed by atoms with E-state index in [2.05, 4.69) is 0 Å².